The monoisotopic (exact) mass is 626 g/mol. The van der Waals surface area contributed by atoms with Crippen LogP contribution in [-0.2, 0) is 28.8 Å². The largest absolute Gasteiger partial charge is 0.481 e. The highest BCUT2D eigenvalue weighted by atomic mass is 16.4. The summed E-state index contributed by atoms with van der Waals surface area (Å²) in [6.45, 7) is -0.718. The van der Waals surface area contributed by atoms with Gasteiger partial charge in [-0.1, -0.05) is 12.8 Å². The third-order valence-electron chi connectivity index (χ3n) is 6.94. The molecule has 0 saturated carbocycles. The topological polar surface area (TPSA) is 305 Å². The Morgan fingerprint density at radius 3 is 0.860 bits per heavy atom. The van der Waals surface area contributed by atoms with E-state index >= 15 is 0 Å². The van der Waals surface area contributed by atoms with Gasteiger partial charge in [0.15, 0.2) is 12.2 Å². The van der Waals surface area contributed by atoms with Crippen LogP contribution in [0.5, 0.6) is 0 Å². The maximum atomic E-state index is 11.1. The molecule has 250 valence electrons. The van der Waals surface area contributed by atoms with Gasteiger partial charge in [0.2, 0.25) is 0 Å². The maximum absolute atomic E-state index is 11.1. The molecule has 0 heterocycles. The summed E-state index contributed by atoms with van der Waals surface area (Å²) >= 11 is 0. The molecule has 16 nitrogen and oxygen atoms in total. The Labute approximate surface area is 248 Å². The number of aliphatic hydroxyl groups is 4. The van der Waals surface area contributed by atoms with Crippen LogP contribution in [0.2, 0.25) is 0 Å². The van der Waals surface area contributed by atoms with E-state index in [1.807, 2.05) is 0 Å². The third-order valence-corrected chi connectivity index (χ3v) is 6.94. The number of hydrogen-bond acceptors (Lipinski definition) is 10. The molecule has 0 saturated heterocycles. The second-order valence-corrected chi connectivity index (χ2v) is 10.3. The SMILES string of the molecule is O=C(O)C(CCO)CCCC(CCC[C@H](O)C(=O)O)C(=O)O.O=C(O)C(CO)CCCC(CCC[C@H](O)C(=O)O)C(=O)O. The predicted molar refractivity (Wildman–Crippen MR) is 146 cm³/mol. The van der Waals surface area contributed by atoms with Gasteiger partial charge in [-0.25, -0.2) is 9.59 Å². The number of hydrogen-bond donors (Lipinski definition) is 10. The maximum Gasteiger partial charge on any atom is 0.332 e. The van der Waals surface area contributed by atoms with E-state index in [-0.39, 0.29) is 77.2 Å². The van der Waals surface area contributed by atoms with Crippen LogP contribution in [-0.4, -0.2) is 112 Å². The molecule has 0 radical (unpaired) electrons. The highest BCUT2D eigenvalue weighted by Gasteiger charge is 2.23. The lowest BCUT2D eigenvalue weighted by Crippen LogP contribution is -2.21. The van der Waals surface area contributed by atoms with Crippen LogP contribution in [0.15, 0.2) is 0 Å². The van der Waals surface area contributed by atoms with E-state index in [0.717, 1.165) is 0 Å². The van der Waals surface area contributed by atoms with Crippen LogP contribution in [0.3, 0.4) is 0 Å². The second kappa shape index (κ2) is 24.1. The first-order valence-corrected chi connectivity index (χ1v) is 14.0. The molecule has 0 aliphatic carbocycles. The Bertz CT molecular complexity index is 860. The zero-order valence-electron chi connectivity index (χ0n) is 24.0. The Morgan fingerprint density at radius 2 is 0.628 bits per heavy atom. The van der Waals surface area contributed by atoms with Gasteiger partial charge in [-0.2, -0.15) is 0 Å². The minimum absolute atomic E-state index is 0.0125. The number of carboxylic acid groups (broad SMARTS) is 6. The van der Waals surface area contributed by atoms with Crippen molar-refractivity contribution in [2.24, 2.45) is 23.7 Å². The fraction of sp³-hybridized carbons (Fsp3) is 0.778. The van der Waals surface area contributed by atoms with Crippen molar-refractivity contribution in [1.29, 1.82) is 0 Å². The van der Waals surface area contributed by atoms with Gasteiger partial charge in [-0.3, -0.25) is 19.2 Å². The van der Waals surface area contributed by atoms with E-state index in [1.54, 1.807) is 0 Å². The van der Waals surface area contributed by atoms with Gasteiger partial charge in [0, 0.05) is 6.61 Å². The molecule has 43 heavy (non-hydrogen) atoms. The van der Waals surface area contributed by atoms with Crippen molar-refractivity contribution in [2.75, 3.05) is 13.2 Å². The average Bonchev–Trinajstić information content (AvgIpc) is 2.92. The lowest BCUT2D eigenvalue weighted by molar-refractivity contribution is -0.148. The van der Waals surface area contributed by atoms with Crippen molar-refractivity contribution in [2.45, 2.75) is 95.7 Å². The Hall–Kier alpha value is -3.34. The first-order valence-electron chi connectivity index (χ1n) is 14.0. The number of carboxylic acids is 6. The summed E-state index contributed by atoms with van der Waals surface area (Å²) in [6.07, 6.45) is -0.149. The van der Waals surface area contributed by atoms with Crippen molar-refractivity contribution in [3.05, 3.63) is 0 Å². The van der Waals surface area contributed by atoms with Gasteiger partial charge in [0.25, 0.3) is 0 Å². The molecule has 0 aliphatic rings. The van der Waals surface area contributed by atoms with Crippen molar-refractivity contribution < 1.29 is 79.8 Å². The number of carbonyl (C=O) groups is 6. The van der Waals surface area contributed by atoms with Gasteiger partial charge in [-0.15, -0.1) is 0 Å². The van der Waals surface area contributed by atoms with Crippen molar-refractivity contribution in [1.82, 2.24) is 0 Å². The molecule has 6 atom stereocenters. The predicted octanol–water partition coefficient (Wildman–Crippen LogP) is 0.723. The summed E-state index contributed by atoms with van der Waals surface area (Å²) in [6, 6.07) is 0. The highest BCUT2D eigenvalue weighted by Crippen LogP contribution is 2.21. The van der Waals surface area contributed by atoms with E-state index in [2.05, 4.69) is 0 Å². The van der Waals surface area contributed by atoms with Crippen LogP contribution >= 0.6 is 0 Å². The van der Waals surface area contributed by atoms with E-state index in [0.29, 0.717) is 12.8 Å². The van der Waals surface area contributed by atoms with Crippen LogP contribution in [0.25, 0.3) is 0 Å². The minimum atomic E-state index is -1.50. The summed E-state index contributed by atoms with van der Waals surface area (Å²) in [4.78, 5) is 64.6. The summed E-state index contributed by atoms with van der Waals surface area (Å²) in [7, 11) is 0. The molecule has 0 spiro atoms. The molecule has 0 bridgehead atoms. The number of rotatable bonds is 25. The van der Waals surface area contributed by atoms with Crippen LogP contribution in [0.4, 0.5) is 0 Å². The average molecular weight is 627 g/mol. The molecule has 0 aromatic rings. The lowest BCUT2D eigenvalue weighted by Gasteiger charge is -2.15. The minimum Gasteiger partial charge on any atom is -0.481 e. The first-order chi connectivity index (χ1) is 20.1. The third kappa shape index (κ3) is 21.1. The zero-order chi connectivity index (χ0) is 33.5. The van der Waals surface area contributed by atoms with Gasteiger partial charge in [0.05, 0.1) is 30.3 Å². The summed E-state index contributed by atoms with van der Waals surface area (Å²) in [5, 5.41) is 88.6. The van der Waals surface area contributed by atoms with Gasteiger partial charge < -0.3 is 51.1 Å². The van der Waals surface area contributed by atoms with E-state index in [9.17, 15) is 28.8 Å². The highest BCUT2D eigenvalue weighted by molar-refractivity contribution is 5.73. The van der Waals surface area contributed by atoms with E-state index in [1.165, 1.54) is 0 Å². The van der Waals surface area contributed by atoms with Crippen LogP contribution in [0, 0.1) is 23.7 Å². The quantitative estimate of drug-likeness (QED) is 0.0667. The molecular weight excluding hydrogens is 580 g/mol. The van der Waals surface area contributed by atoms with E-state index < -0.39 is 78.3 Å². The molecule has 0 aromatic carbocycles. The van der Waals surface area contributed by atoms with Crippen molar-refractivity contribution in [3.8, 4) is 0 Å². The molecule has 4 unspecified atom stereocenters. The van der Waals surface area contributed by atoms with Crippen LogP contribution < -0.4 is 0 Å². The fourth-order valence-electron chi connectivity index (χ4n) is 4.21. The molecule has 10 N–H and O–H groups in total. The van der Waals surface area contributed by atoms with Crippen molar-refractivity contribution in [3.63, 3.8) is 0 Å². The normalized spacial score (nSPS) is 15.1. The molecule has 0 amide bonds. The molecule has 0 fully saturated rings. The summed E-state index contributed by atoms with van der Waals surface area (Å²) in [5.41, 5.74) is 0. The number of aliphatic hydroxyl groups excluding tert-OH is 4. The molecule has 0 aromatic heterocycles. The molecular formula is C27H46O16. The van der Waals surface area contributed by atoms with Crippen molar-refractivity contribution >= 4 is 35.8 Å². The molecule has 16 heteroatoms. The first kappa shape index (κ1) is 41.8. The summed E-state index contributed by atoms with van der Waals surface area (Å²) < 4.78 is 0. The standard InChI is InChI=1S/C14H24O8.C13H22O8/c15-8-7-10(13(19)20)4-1-3-9(12(17)18)5-2-6-11(16)14(21)22;14-7-9(12(18)19)5-1-3-8(11(16)17)4-2-6-10(15)13(20)21/h9-11,15-16H,1-8H2,(H,17,18)(H,19,20)(H,21,22);8-10,14-15H,1-7H2,(H,16,17)(H,18,19)(H,20,21)/t9?,10?,11-;8?,9?,10-/m00/s1. The second-order valence-electron chi connectivity index (χ2n) is 10.3. The van der Waals surface area contributed by atoms with Gasteiger partial charge in [0.1, 0.15) is 0 Å². The fourth-order valence-corrected chi connectivity index (χ4v) is 4.21. The smallest absolute Gasteiger partial charge is 0.332 e. The van der Waals surface area contributed by atoms with Gasteiger partial charge >= 0.3 is 35.8 Å². The zero-order valence-corrected chi connectivity index (χ0v) is 24.0. The summed E-state index contributed by atoms with van der Waals surface area (Å²) in [5.74, 6) is -9.83. The Morgan fingerprint density at radius 1 is 0.372 bits per heavy atom. The lowest BCUT2D eigenvalue weighted by atomic mass is 9.91. The Kier molecular flexibility index (Phi) is 23.5. The number of aliphatic carboxylic acids is 6. The van der Waals surface area contributed by atoms with E-state index in [4.69, 9.17) is 51.1 Å². The van der Waals surface area contributed by atoms with Gasteiger partial charge in [-0.05, 0) is 70.6 Å². The molecule has 0 aliphatic heterocycles. The van der Waals surface area contributed by atoms with Crippen LogP contribution in [0.1, 0.15) is 83.5 Å². The Balaban J connectivity index is 0. The molecule has 0 rings (SSSR count).